The minimum atomic E-state index is -0.701. The second-order valence-electron chi connectivity index (χ2n) is 5.68. The number of ether oxygens (including phenoxy) is 1. The van der Waals surface area contributed by atoms with Gasteiger partial charge in [0.15, 0.2) is 4.34 Å². The minimum absolute atomic E-state index is 0.147. The SMILES string of the molecule is CCOC(=O)Cc1csc(SCC(=O)NC2(C#N)CCCCC2)n1. The van der Waals surface area contributed by atoms with E-state index >= 15 is 0 Å². The van der Waals surface area contributed by atoms with Crippen LogP contribution < -0.4 is 5.32 Å². The number of carbonyl (C=O) groups is 2. The molecule has 2 rings (SSSR count). The standard InChI is InChI=1S/C16H21N3O3S2/c1-2-22-14(21)8-12-9-23-15(18-12)24-10-13(20)19-16(11-17)6-4-3-5-7-16/h9H,2-8,10H2,1H3,(H,19,20). The van der Waals surface area contributed by atoms with Crippen LogP contribution in [0.15, 0.2) is 9.72 Å². The zero-order chi connectivity index (χ0) is 17.4. The predicted octanol–water partition coefficient (Wildman–Crippen LogP) is 2.68. The number of nitrogens with one attached hydrogen (secondary N) is 1. The number of thioether (sulfide) groups is 1. The van der Waals surface area contributed by atoms with E-state index in [-0.39, 0.29) is 24.1 Å². The summed E-state index contributed by atoms with van der Waals surface area (Å²) in [6, 6.07) is 2.28. The lowest BCUT2D eigenvalue weighted by molar-refractivity contribution is -0.142. The van der Waals surface area contributed by atoms with Crippen molar-refractivity contribution in [3.8, 4) is 6.07 Å². The van der Waals surface area contributed by atoms with Crippen molar-refractivity contribution in [3.63, 3.8) is 0 Å². The third kappa shape index (κ3) is 5.49. The highest BCUT2D eigenvalue weighted by Crippen LogP contribution is 2.28. The number of nitrogens with zero attached hydrogens (tertiary/aromatic N) is 2. The molecule has 1 amide bonds. The van der Waals surface area contributed by atoms with Crippen LogP contribution in [-0.2, 0) is 20.7 Å². The van der Waals surface area contributed by atoms with Gasteiger partial charge in [0.1, 0.15) is 5.54 Å². The highest BCUT2D eigenvalue weighted by Gasteiger charge is 2.33. The van der Waals surface area contributed by atoms with E-state index in [4.69, 9.17) is 4.74 Å². The van der Waals surface area contributed by atoms with Crippen molar-refractivity contribution in [2.45, 2.75) is 55.3 Å². The van der Waals surface area contributed by atoms with Gasteiger partial charge in [-0.3, -0.25) is 9.59 Å². The number of esters is 1. The number of rotatable bonds is 7. The highest BCUT2D eigenvalue weighted by atomic mass is 32.2. The number of aromatic nitrogens is 1. The van der Waals surface area contributed by atoms with Crippen molar-refractivity contribution in [3.05, 3.63) is 11.1 Å². The van der Waals surface area contributed by atoms with Crippen LogP contribution in [0.25, 0.3) is 0 Å². The molecule has 130 valence electrons. The molecule has 0 atom stereocenters. The minimum Gasteiger partial charge on any atom is -0.466 e. The molecule has 1 fully saturated rings. The summed E-state index contributed by atoms with van der Waals surface area (Å²) in [5.74, 6) is -0.230. The molecule has 0 aromatic carbocycles. The van der Waals surface area contributed by atoms with E-state index in [0.717, 1.165) is 36.4 Å². The summed E-state index contributed by atoms with van der Waals surface area (Å²) in [5.41, 5.74) is -0.0458. The number of amides is 1. The van der Waals surface area contributed by atoms with E-state index in [1.807, 2.05) is 0 Å². The second-order valence-corrected chi connectivity index (χ2v) is 7.76. The van der Waals surface area contributed by atoms with Gasteiger partial charge in [-0.2, -0.15) is 5.26 Å². The van der Waals surface area contributed by atoms with Crippen molar-refractivity contribution in [1.82, 2.24) is 10.3 Å². The molecule has 8 heteroatoms. The van der Waals surface area contributed by atoms with Crippen LogP contribution in [0.2, 0.25) is 0 Å². The normalized spacial score (nSPS) is 16.2. The molecule has 0 spiro atoms. The molecular formula is C16H21N3O3S2. The fraction of sp³-hybridized carbons (Fsp3) is 0.625. The third-order valence-corrected chi connectivity index (χ3v) is 5.86. The first-order chi connectivity index (χ1) is 11.6. The Hall–Kier alpha value is -1.59. The van der Waals surface area contributed by atoms with Crippen LogP contribution in [0.3, 0.4) is 0 Å². The summed E-state index contributed by atoms with van der Waals surface area (Å²) in [5, 5.41) is 14.1. The van der Waals surface area contributed by atoms with E-state index < -0.39 is 5.54 Å². The number of thiazole rings is 1. The van der Waals surface area contributed by atoms with Gasteiger partial charge >= 0.3 is 5.97 Å². The lowest BCUT2D eigenvalue weighted by Gasteiger charge is -2.31. The molecule has 1 N–H and O–H groups in total. The fourth-order valence-electron chi connectivity index (χ4n) is 2.65. The Kier molecular flexibility index (Phi) is 7.06. The van der Waals surface area contributed by atoms with E-state index in [2.05, 4.69) is 16.4 Å². The second kappa shape index (κ2) is 9.04. The largest absolute Gasteiger partial charge is 0.466 e. The summed E-state index contributed by atoms with van der Waals surface area (Å²) in [7, 11) is 0. The van der Waals surface area contributed by atoms with Crippen LogP contribution in [0.1, 0.15) is 44.7 Å². The maximum atomic E-state index is 12.1. The average Bonchev–Trinajstić information content (AvgIpc) is 3.01. The van der Waals surface area contributed by atoms with E-state index in [1.54, 1.807) is 12.3 Å². The summed E-state index contributed by atoms with van der Waals surface area (Å²) < 4.78 is 5.62. The molecule has 6 nitrogen and oxygen atoms in total. The smallest absolute Gasteiger partial charge is 0.311 e. The van der Waals surface area contributed by atoms with E-state index in [0.29, 0.717) is 12.3 Å². The third-order valence-electron chi connectivity index (χ3n) is 3.79. The lowest BCUT2D eigenvalue weighted by Crippen LogP contribution is -2.49. The van der Waals surface area contributed by atoms with Crippen molar-refractivity contribution >= 4 is 35.0 Å². The maximum absolute atomic E-state index is 12.1. The Morgan fingerprint density at radius 3 is 2.88 bits per heavy atom. The molecule has 1 heterocycles. The summed E-state index contributed by atoms with van der Waals surface area (Å²) in [4.78, 5) is 27.9. The first kappa shape index (κ1) is 18.7. The number of carbonyl (C=O) groups excluding carboxylic acids is 2. The molecule has 0 aliphatic heterocycles. The number of hydrogen-bond acceptors (Lipinski definition) is 7. The number of hydrogen-bond donors (Lipinski definition) is 1. The zero-order valence-corrected chi connectivity index (χ0v) is 15.3. The van der Waals surface area contributed by atoms with Crippen molar-refractivity contribution in [2.75, 3.05) is 12.4 Å². The Balaban J connectivity index is 1.80. The van der Waals surface area contributed by atoms with Crippen molar-refractivity contribution in [1.29, 1.82) is 5.26 Å². The molecule has 0 saturated heterocycles. The van der Waals surface area contributed by atoms with Gasteiger partial charge < -0.3 is 10.1 Å². The Morgan fingerprint density at radius 1 is 1.46 bits per heavy atom. The molecule has 24 heavy (non-hydrogen) atoms. The summed E-state index contributed by atoms with van der Waals surface area (Å²) in [6.45, 7) is 2.12. The van der Waals surface area contributed by atoms with Gasteiger partial charge in [0, 0.05) is 5.38 Å². The van der Waals surface area contributed by atoms with Gasteiger partial charge in [0.25, 0.3) is 0 Å². The zero-order valence-electron chi connectivity index (χ0n) is 13.7. The summed E-state index contributed by atoms with van der Waals surface area (Å²) >= 11 is 2.72. The van der Waals surface area contributed by atoms with Crippen LogP contribution in [0.4, 0.5) is 0 Å². The van der Waals surface area contributed by atoms with E-state index in [9.17, 15) is 14.9 Å². The Bertz CT molecular complexity index is 618. The summed E-state index contributed by atoms with van der Waals surface area (Å²) in [6.07, 6.45) is 4.67. The van der Waals surface area contributed by atoms with Gasteiger partial charge in [-0.25, -0.2) is 4.98 Å². The maximum Gasteiger partial charge on any atom is 0.311 e. The highest BCUT2D eigenvalue weighted by molar-refractivity contribution is 8.01. The van der Waals surface area contributed by atoms with Crippen LogP contribution in [-0.4, -0.2) is 34.8 Å². The van der Waals surface area contributed by atoms with Gasteiger partial charge in [-0.1, -0.05) is 31.0 Å². The van der Waals surface area contributed by atoms with Gasteiger partial charge in [0.05, 0.1) is 30.5 Å². The number of nitriles is 1. The molecule has 1 aliphatic carbocycles. The first-order valence-electron chi connectivity index (χ1n) is 8.02. The van der Waals surface area contributed by atoms with Gasteiger partial charge in [-0.15, -0.1) is 11.3 Å². The lowest BCUT2D eigenvalue weighted by atomic mass is 9.83. The molecule has 1 aromatic rings. The molecule has 1 saturated carbocycles. The first-order valence-corrected chi connectivity index (χ1v) is 9.88. The van der Waals surface area contributed by atoms with Crippen molar-refractivity contribution in [2.24, 2.45) is 0 Å². The topological polar surface area (TPSA) is 92.1 Å². The molecule has 1 aliphatic rings. The molecule has 0 unspecified atom stereocenters. The quantitative estimate of drug-likeness (QED) is 0.588. The van der Waals surface area contributed by atoms with Gasteiger partial charge in [-0.05, 0) is 19.8 Å². The Morgan fingerprint density at radius 2 is 2.21 bits per heavy atom. The molecular weight excluding hydrogens is 346 g/mol. The fourth-order valence-corrected chi connectivity index (χ4v) is 4.29. The molecule has 1 aromatic heterocycles. The van der Waals surface area contributed by atoms with Crippen LogP contribution in [0, 0.1) is 11.3 Å². The monoisotopic (exact) mass is 367 g/mol. The van der Waals surface area contributed by atoms with E-state index in [1.165, 1.54) is 23.1 Å². The molecule has 0 radical (unpaired) electrons. The van der Waals surface area contributed by atoms with Gasteiger partial charge in [0.2, 0.25) is 5.91 Å². The van der Waals surface area contributed by atoms with Crippen LogP contribution in [0.5, 0.6) is 0 Å². The van der Waals surface area contributed by atoms with Crippen molar-refractivity contribution < 1.29 is 14.3 Å². The average molecular weight is 367 g/mol. The van der Waals surface area contributed by atoms with Crippen LogP contribution >= 0.6 is 23.1 Å². The predicted molar refractivity (Wildman–Crippen MR) is 92.7 cm³/mol. The molecule has 0 bridgehead atoms. The Labute approximate surface area is 150 Å².